The number of hydrogen-bond acceptors (Lipinski definition) is 4. The number of carbonyl (C=O) groups excluding carboxylic acids is 1. The van der Waals surface area contributed by atoms with E-state index in [1.54, 1.807) is 13.0 Å². The number of fused-ring (bicyclic) bond motifs is 1. The van der Waals surface area contributed by atoms with Gasteiger partial charge in [0.15, 0.2) is 0 Å². The molecular formula is C20H20N4O2. The maximum absolute atomic E-state index is 12.8. The molecule has 2 aromatic heterocycles. The van der Waals surface area contributed by atoms with Crippen LogP contribution in [0.4, 0.5) is 0 Å². The third-order valence-electron chi connectivity index (χ3n) is 5.05. The lowest BCUT2D eigenvalue weighted by molar-refractivity contribution is 0.0661. The molecule has 4 rings (SSSR count). The van der Waals surface area contributed by atoms with Crippen LogP contribution in [0.25, 0.3) is 11.0 Å². The van der Waals surface area contributed by atoms with E-state index in [-0.39, 0.29) is 11.7 Å². The van der Waals surface area contributed by atoms with Crippen LogP contribution in [0.1, 0.15) is 34.7 Å². The van der Waals surface area contributed by atoms with E-state index in [1.807, 2.05) is 35.5 Å². The summed E-state index contributed by atoms with van der Waals surface area (Å²) >= 11 is 0. The van der Waals surface area contributed by atoms with Crippen LogP contribution in [0.5, 0.6) is 0 Å². The zero-order valence-corrected chi connectivity index (χ0v) is 14.7. The number of benzene rings is 1. The molecule has 1 aliphatic rings. The molecule has 3 aromatic rings. The summed E-state index contributed by atoms with van der Waals surface area (Å²) in [6.07, 6.45) is 3.94. The Morgan fingerprint density at radius 2 is 2.27 bits per heavy atom. The third kappa shape index (κ3) is 2.97. The van der Waals surface area contributed by atoms with Crippen LogP contribution < -0.4 is 0 Å². The lowest BCUT2D eigenvalue weighted by Gasteiger charge is -2.33. The number of aryl methyl sites for hydroxylation is 1. The average Bonchev–Trinajstić information content (AvgIpc) is 3.25. The predicted molar refractivity (Wildman–Crippen MR) is 96.5 cm³/mol. The van der Waals surface area contributed by atoms with Gasteiger partial charge in [-0.15, -0.1) is 0 Å². The molecule has 1 fully saturated rings. The topological polar surface area (TPSA) is 75.1 Å². The second kappa shape index (κ2) is 6.68. The second-order valence-electron chi connectivity index (χ2n) is 6.84. The fraction of sp³-hybridized carbons (Fsp3) is 0.350. The number of piperidine rings is 1. The number of nitrogens with zero attached hydrogens (tertiary/aromatic N) is 4. The van der Waals surface area contributed by atoms with Gasteiger partial charge in [-0.05, 0) is 37.8 Å². The van der Waals surface area contributed by atoms with Crippen molar-refractivity contribution in [1.29, 1.82) is 5.26 Å². The van der Waals surface area contributed by atoms with Crippen LogP contribution in [0.3, 0.4) is 0 Å². The van der Waals surface area contributed by atoms with Crippen molar-refractivity contribution in [3.8, 4) is 6.07 Å². The summed E-state index contributed by atoms with van der Waals surface area (Å²) in [5.41, 5.74) is 2.62. The van der Waals surface area contributed by atoms with Gasteiger partial charge in [-0.3, -0.25) is 4.79 Å². The van der Waals surface area contributed by atoms with E-state index in [0.717, 1.165) is 37.0 Å². The minimum Gasteiger partial charge on any atom is -0.450 e. The Balaban J connectivity index is 1.49. The number of carbonyl (C=O) groups is 1. The van der Waals surface area contributed by atoms with E-state index in [1.165, 1.54) is 0 Å². The van der Waals surface area contributed by atoms with Crippen molar-refractivity contribution >= 4 is 16.9 Å². The fourth-order valence-corrected chi connectivity index (χ4v) is 3.75. The molecule has 6 heteroatoms. The van der Waals surface area contributed by atoms with Crippen molar-refractivity contribution in [2.24, 2.45) is 5.92 Å². The summed E-state index contributed by atoms with van der Waals surface area (Å²) in [5.74, 6) is 1.03. The number of furan rings is 1. The molecule has 6 nitrogen and oxygen atoms in total. The summed E-state index contributed by atoms with van der Waals surface area (Å²) in [5, 5.41) is 8.96. The average molecular weight is 348 g/mol. The molecule has 1 atom stereocenters. The quantitative estimate of drug-likeness (QED) is 0.727. The van der Waals surface area contributed by atoms with Gasteiger partial charge in [0.05, 0.1) is 22.9 Å². The highest BCUT2D eigenvalue weighted by molar-refractivity contribution is 5.95. The molecule has 0 radical (unpaired) electrons. The first-order chi connectivity index (χ1) is 12.7. The fourth-order valence-electron chi connectivity index (χ4n) is 3.75. The second-order valence-corrected chi connectivity index (χ2v) is 6.84. The van der Waals surface area contributed by atoms with Crippen LogP contribution >= 0.6 is 0 Å². The summed E-state index contributed by atoms with van der Waals surface area (Å²) in [6, 6.07) is 11.6. The Morgan fingerprint density at radius 3 is 3.08 bits per heavy atom. The minimum absolute atomic E-state index is 0.0482. The number of aromatic nitrogens is 2. The van der Waals surface area contributed by atoms with Gasteiger partial charge in [-0.2, -0.15) is 5.26 Å². The molecule has 26 heavy (non-hydrogen) atoms. The summed E-state index contributed by atoms with van der Waals surface area (Å²) in [6.45, 7) is 4.02. The number of rotatable bonds is 3. The van der Waals surface area contributed by atoms with Crippen LogP contribution in [0.15, 0.2) is 41.1 Å². The van der Waals surface area contributed by atoms with Gasteiger partial charge in [-0.1, -0.05) is 12.1 Å². The molecule has 0 saturated carbocycles. The number of nitriles is 1. The van der Waals surface area contributed by atoms with Gasteiger partial charge in [0.25, 0.3) is 5.91 Å². The van der Waals surface area contributed by atoms with Crippen LogP contribution in [-0.4, -0.2) is 33.4 Å². The Labute approximate surface area is 151 Å². The minimum atomic E-state index is -0.0482. The Hall–Kier alpha value is -3.07. The number of para-hydroxylation sites is 2. The summed E-state index contributed by atoms with van der Waals surface area (Å²) in [4.78, 5) is 19.2. The highest BCUT2D eigenvalue weighted by atomic mass is 16.3. The van der Waals surface area contributed by atoms with Gasteiger partial charge in [0, 0.05) is 25.7 Å². The van der Waals surface area contributed by atoms with Crippen molar-refractivity contribution in [1.82, 2.24) is 14.5 Å². The lowest BCUT2D eigenvalue weighted by Crippen LogP contribution is -2.41. The van der Waals surface area contributed by atoms with Crippen molar-refractivity contribution in [2.45, 2.75) is 26.3 Å². The zero-order valence-electron chi connectivity index (χ0n) is 14.7. The number of amides is 1. The van der Waals surface area contributed by atoms with Crippen LogP contribution in [0, 0.1) is 24.2 Å². The SMILES string of the molecule is Cc1oc(C#N)cc1C(=O)N1CCCC(Cn2cnc3ccccc32)C1. The van der Waals surface area contributed by atoms with Gasteiger partial charge in [-0.25, -0.2) is 4.98 Å². The smallest absolute Gasteiger partial charge is 0.257 e. The van der Waals surface area contributed by atoms with E-state index in [0.29, 0.717) is 23.8 Å². The highest BCUT2D eigenvalue weighted by Crippen LogP contribution is 2.24. The molecule has 3 heterocycles. The van der Waals surface area contributed by atoms with Gasteiger partial charge >= 0.3 is 0 Å². The van der Waals surface area contributed by atoms with Crippen LogP contribution in [-0.2, 0) is 6.54 Å². The van der Waals surface area contributed by atoms with Crippen molar-refractivity contribution < 1.29 is 9.21 Å². The van der Waals surface area contributed by atoms with Crippen LogP contribution in [0.2, 0.25) is 0 Å². The number of imidazole rings is 1. The third-order valence-corrected chi connectivity index (χ3v) is 5.05. The Kier molecular flexibility index (Phi) is 4.21. The molecule has 1 aliphatic heterocycles. The van der Waals surface area contributed by atoms with Gasteiger partial charge in [0.2, 0.25) is 5.76 Å². The Morgan fingerprint density at radius 1 is 1.42 bits per heavy atom. The number of hydrogen-bond donors (Lipinski definition) is 0. The molecule has 1 unspecified atom stereocenters. The maximum Gasteiger partial charge on any atom is 0.257 e. The van der Waals surface area contributed by atoms with Crippen molar-refractivity contribution in [2.75, 3.05) is 13.1 Å². The molecule has 1 aromatic carbocycles. The van der Waals surface area contributed by atoms with Gasteiger partial charge < -0.3 is 13.9 Å². The molecule has 0 bridgehead atoms. The molecular weight excluding hydrogens is 328 g/mol. The number of likely N-dealkylation sites (tertiary alicyclic amines) is 1. The monoisotopic (exact) mass is 348 g/mol. The van der Waals surface area contributed by atoms with E-state index in [4.69, 9.17) is 9.68 Å². The molecule has 1 amide bonds. The predicted octanol–water partition coefficient (Wildman–Crippen LogP) is 3.36. The first kappa shape index (κ1) is 16.4. The van der Waals surface area contributed by atoms with E-state index in [9.17, 15) is 4.79 Å². The first-order valence-corrected chi connectivity index (χ1v) is 8.85. The van der Waals surface area contributed by atoms with Crippen molar-refractivity contribution in [3.63, 3.8) is 0 Å². The summed E-state index contributed by atoms with van der Waals surface area (Å²) < 4.78 is 7.49. The summed E-state index contributed by atoms with van der Waals surface area (Å²) in [7, 11) is 0. The zero-order chi connectivity index (χ0) is 18.1. The normalized spacial score (nSPS) is 17.4. The highest BCUT2D eigenvalue weighted by Gasteiger charge is 2.27. The molecule has 0 N–H and O–H groups in total. The lowest BCUT2D eigenvalue weighted by atomic mass is 9.97. The molecule has 1 saturated heterocycles. The largest absolute Gasteiger partial charge is 0.450 e. The Bertz CT molecular complexity index is 995. The first-order valence-electron chi connectivity index (χ1n) is 8.85. The molecule has 132 valence electrons. The van der Waals surface area contributed by atoms with E-state index in [2.05, 4.69) is 15.6 Å². The van der Waals surface area contributed by atoms with E-state index < -0.39 is 0 Å². The van der Waals surface area contributed by atoms with Crippen molar-refractivity contribution in [3.05, 3.63) is 53.7 Å². The standard InChI is InChI=1S/C20H20N4O2/c1-14-17(9-16(10-21)26-14)20(25)23-8-4-5-15(11-23)12-24-13-22-18-6-2-3-7-19(18)24/h2-3,6-7,9,13,15H,4-5,8,11-12H2,1H3. The van der Waals surface area contributed by atoms with Gasteiger partial charge in [0.1, 0.15) is 11.8 Å². The molecule has 0 spiro atoms. The van der Waals surface area contributed by atoms with E-state index >= 15 is 0 Å². The molecule has 0 aliphatic carbocycles. The maximum atomic E-state index is 12.8.